The molecule has 2 nitrogen and oxygen atoms in total. The van der Waals surface area contributed by atoms with E-state index in [4.69, 9.17) is 11.6 Å². The quantitative estimate of drug-likeness (QED) is 0.730. The van der Waals surface area contributed by atoms with Crippen LogP contribution in [0.25, 0.3) is 11.4 Å². The molecule has 1 aromatic carbocycles. The number of nitrogens with zero attached hydrogens (tertiary/aromatic N) is 2. The summed E-state index contributed by atoms with van der Waals surface area (Å²) in [5.74, 6) is 0.706. The summed E-state index contributed by atoms with van der Waals surface area (Å²) in [6.45, 7) is 10.7. The Morgan fingerprint density at radius 3 is 2.15 bits per heavy atom. The van der Waals surface area contributed by atoms with Gasteiger partial charge in [0.1, 0.15) is 5.15 Å². The van der Waals surface area contributed by atoms with Gasteiger partial charge < -0.3 is 0 Å². The molecule has 0 atom stereocenters. The van der Waals surface area contributed by atoms with Crippen molar-refractivity contribution in [3.63, 3.8) is 0 Å². The number of halogens is 1. The third kappa shape index (κ3) is 3.01. The number of hydrogen-bond acceptors (Lipinski definition) is 2. The summed E-state index contributed by atoms with van der Waals surface area (Å²) in [6, 6.07) is 8.41. The van der Waals surface area contributed by atoms with Gasteiger partial charge in [0.2, 0.25) is 0 Å². The fourth-order valence-electron chi connectivity index (χ4n) is 2.13. The first-order valence-electron chi connectivity index (χ1n) is 6.97. The summed E-state index contributed by atoms with van der Waals surface area (Å²) in [4.78, 5) is 9.02. The lowest BCUT2D eigenvalue weighted by Crippen LogP contribution is -2.10. The molecule has 2 aromatic rings. The van der Waals surface area contributed by atoms with Gasteiger partial charge in [0.05, 0.1) is 0 Å². The van der Waals surface area contributed by atoms with E-state index in [9.17, 15) is 0 Å². The average Bonchev–Trinajstić information content (AvgIpc) is 2.41. The maximum Gasteiger partial charge on any atom is 0.161 e. The zero-order chi connectivity index (χ0) is 14.9. The van der Waals surface area contributed by atoms with Crippen molar-refractivity contribution < 1.29 is 0 Å². The molecule has 0 aliphatic heterocycles. The summed E-state index contributed by atoms with van der Waals surface area (Å²) in [7, 11) is 0. The van der Waals surface area contributed by atoms with Gasteiger partial charge in [-0.05, 0) is 24.3 Å². The number of benzene rings is 1. The predicted octanol–water partition coefficient (Wildman–Crippen LogP) is 4.97. The third-order valence-electron chi connectivity index (χ3n) is 3.53. The Bertz CT molecular complexity index is 610. The molecular weight excluding hydrogens is 268 g/mol. The predicted molar refractivity (Wildman–Crippen MR) is 85.3 cm³/mol. The van der Waals surface area contributed by atoms with Gasteiger partial charge in [0, 0.05) is 16.8 Å². The first-order chi connectivity index (χ1) is 9.32. The highest BCUT2D eigenvalue weighted by Crippen LogP contribution is 2.26. The number of aryl methyl sites for hydroxylation is 1. The zero-order valence-electron chi connectivity index (χ0n) is 12.8. The van der Waals surface area contributed by atoms with Crippen LogP contribution in [0.15, 0.2) is 24.3 Å². The van der Waals surface area contributed by atoms with E-state index in [1.165, 1.54) is 5.56 Å². The van der Waals surface area contributed by atoms with E-state index in [1.54, 1.807) is 0 Å². The minimum absolute atomic E-state index is 0.152. The summed E-state index contributed by atoms with van der Waals surface area (Å²) >= 11 is 6.20. The highest BCUT2D eigenvalue weighted by Gasteiger charge is 2.14. The molecule has 2 rings (SSSR count). The molecule has 0 fully saturated rings. The molecule has 3 heteroatoms. The molecule has 1 heterocycles. The lowest BCUT2D eigenvalue weighted by molar-refractivity contribution is 0.590. The topological polar surface area (TPSA) is 25.8 Å². The third-order valence-corrected chi connectivity index (χ3v) is 3.90. The largest absolute Gasteiger partial charge is 0.233 e. The molecule has 0 saturated carbocycles. The van der Waals surface area contributed by atoms with Crippen LogP contribution in [0.1, 0.15) is 44.5 Å². The maximum absolute atomic E-state index is 6.20. The van der Waals surface area contributed by atoms with Crippen LogP contribution in [0, 0.1) is 6.92 Å². The standard InChI is InChI=1S/C17H21ClN2/c1-6-14-11(2)15(18)20-16(19-14)12-7-9-13(10-8-12)17(3,4)5/h7-10H,6H2,1-5H3. The normalized spacial score (nSPS) is 11.7. The van der Waals surface area contributed by atoms with Crippen LogP contribution in [0.4, 0.5) is 0 Å². The molecule has 0 unspecified atom stereocenters. The second kappa shape index (κ2) is 5.53. The van der Waals surface area contributed by atoms with Crippen LogP contribution in [0.3, 0.4) is 0 Å². The fraction of sp³-hybridized carbons (Fsp3) is 0.412. The molecular formula is C17H21ClN2. The van der Waals surface area contributed by atoms with Crippen molar-refractivity contribution in [2.45, 2.75) is 46.5 Å². The van der Waals surface area contributed by atoms with E-state index in [-0.39, 0.29) is 5.41 Å². The zero-order valence-corrected chi connectivity index (χ0v) is 13.5. The lowest BCUT2D eigenvalue weighted by atomic mass is 9.87. The van der Waals surface area contributed by atoms with Gasteiger partial charge in [-0.25, -0.2) is 9.97 Å². The van der Waals surface area contributed by atoms with E-state index in [1.807, 2.05) is 6.92 Å². The van der Waals surface area contributed by atoms with Crippen molar-refractivity contribution in [2.75, 3.05) is 0 Å². The lowest BCUT2D eigenvalue weighted by Gasteiger charge is -2.19. The van der Waals surface area contributed by atoms with Gasteiger partial charge in [-0.1, -0.05) is 63.6 Å². The smallest absolute Gasteiger partial charge is 0.161 e. The number of rotatable bonds is 2. The number of aromatic nitrogens is 2. The fourth-order valence-corrected chi connectivity index (χ4v) is 2.31. The Labute approximate surface area is 126 Å². The second-order valence-corrected chi connectivity index (χ2v) is 6.45. The molecule has 0 bridgehead atoms. The van der Waals surface area contributed by atoms with Crippen LogP contribution >= 0.6 is 11.6 Å². The molecule has 0 aliphatic rings. The summed E-state index contributed by atoms with van der Waals surface area (Å²) in [5.41, 5.74) is 4.45. The summed E-state index contributed by atoms with van der Waals surface area (Å²) in [5, 5.41) is 0.548. The van der Waals surface area contributed by atoms with Crippen LogP contribution in [0.5, 0.6) is 0 Å². The van der Waals surface area contributed by atoms with Gasteiger partial charge in [0.15, 0.2) is 5.82 Å². The minimum Gasteiger partial charge on any atom is -0.233 e. The Morgan fingerprint density at radius 2 is 1.65 bits per heavy atom. The van der Waals surface area contributed by atoms with Crippen LogP contribution in [0.2, 0.25) is 5.15 Å². The van der Waals surface area contributed by atoms with Crippen molar-refractivity contribution in [3.05, 3.63) is 46.2 Å². The van der Waals surface area contributed by atoms with Gasteiger partial charge in [-0.3, -0.25) is 0 Å². The highest BCUT2D eigenvalue weighted by atomic mass is 35.5. The van der Waals surface area contributed by atoms with Gasteiger partial charge >= 0.3 is 0 Å². The van der Waals surface area contributed by atoms with Gasteiger partial charge in [-0.2, -0.15) is 0 Å². The highest BCUT2D eigenvalue weighted by molar-refractivity contribution is 6.30. The molecule has 0 spiro atoms. The Morgan fingerprint density at radius 1 is 1.05 bits per heavy atom. The Kier molecular flexibility index (Phi) is 4.14. The van der Waals surface area contributed by atoms with E-state index in [2.05, 4.69) is 61.9 Å². The van der Waals surface area contributed by atoms with Crippen LogP contribution in [-0.4, -0.2) is 9.97 Å². The average molecular weight is 289 g/mol. The molecule has 0 saturated heterocycles. The van der Waals surface area contributed by atoms with E-state index in [0.717, 1.165) is 23.2 Å². The summed E-state index contributed by atoms with van der Waals surface area (Å²) in [6.07, 6.45) is 0.862. The van der Waals surface area contributed by atoms with Crippen LogP contribution < -0.4 is 0 Å². The first-order valence-corrected chi connectivity index (χ1v) is 7.34. The molecule has 0 radical (unpaired) electrons. The molecule has 0 N–H and O–H groups in total. The van der Waals surface area contributed by atoms with Crippen molar-refractivity contribution in [1.82, 2.24) is 9.97 Å². The molecule has 106 valence electrons. The molecule has 20 heavy (non-hydrogen) atoms. The van der Waals surface area contributed by atoms with Crippen molar-refractivity contribution >= 4 is 11.6 Å². The van der Waals surface area contributed by atoms with E-state index in [0.29, 0.717) is 11.0 Å². The van der Waals surface area contributed by atoms with Crippen LogP contribution in [-0.2, 0) is 11.8 Å². The molecule has 0 amide bonds. The minimum atomic E-state index is 0.152. The SMILES string of the molecule is CCc1nc(-c2ccc(C(C)(C)C)cc2)nc(Cl)c1C. The monoisotopic (exact) mass is 288 g/mol. The second-order valence-electron chi connectivity index (χ2n) is 6.09. The summed E-state index contributed by atoms with van der Waals surface area (Å²) < 4.78 is 0. The van der Waals surface area contributed by atoms with Gasteiger partial charge in [0.25, 0.3) is 0 Å². The Balaban J connectivity index is 2.44. The maximum atomic E-state index is 6.20. The van der Waals surface area contributed by atoms with E-state index < -0.39 is 0 Å². The van der Waals surface area contributed by atoms with E-state index >= 15 is 0 Å². The molecule has 1 aromatic heterocycles. The van der Waals surface area contributed by atoms with Gasteiger partial charge in [-0.15, -0.1) is 0 Å². The van der Waals surface area contributed by atoms with Crippen molar-refractivity contribution in [2.24, 2.45) is 0 Å². The first kappa shape index (κ1) is 15.0. The Hall–Kier alpha value is -1.41. The molecule has 0 aliphatic carbocycles. The van der Waals surface area contributed by atoms with Crippen molar-refractivity contribution in [1.29, 1.82) is 0 Å². The van der Waals surface area contributed by atoms with Crippen molar-refractivity contribution in [3.8, 4) is 11.4 Å². The number of hydrogen-bond donors (Lipinski definition) is 0.